The second-order valence-corrected chi connectivity index (χ2v) is 14.5. The summed E-state index contributed by atoms with van der Waals surface area (Å²) in [5.41, 5.74) is 28.6. The van der Waals surface area contributed by atoms with Crippen molar-refractivity contribution in [1.29, 1.82) is 0 Å². The molecule has 0 saturated heterocycles. The van der Waals surface area contributed by atoms with Crippen molar-refractivity contribution in [2.75, 3.05) is 44.2 Å². The van der Waals surface area contributed by atoms with E-state index in [1.807, 2.05) is 0 Å². The number of amides is 4. The predicted molar refractivity (Wildman–Crippen MR) is 251 cm³/mol. The zero-order chi connectivity index (χ0) is 45.1. The highest BCUT2D eigenvalue weighted by atomic mass is 79.9. The fourth-order valence-corrected chi connectivity index (χ4v) is 5.42. The van der Waals surface area contributed by atoms with Gasteiger partial charge in [0.2, 0.25) is 0 Å². The molecular formula is C45H39Br2N9O7. The number of rotatable bonds is 8. The second-order valence-electron chi connectivity index (χ2n) is 12.8. The molecule has 0 aliphatic carbocycles. The molecule has 4 aromatic heterocycles. The van der Waals surface area contributed by atoms with Gasteiger partial charge >= 0.3 is 0 Å². The Morgan fingerprint density at radius 3 is 1.30 bits per heavy atom. The van der Waals surface area contributed by atoms with Gasteiger partial charge in [0.15, 0.2) is 16.2 Å². The smallest absolute Gasteiger partial charge is 0.291 e. The highest BCUT2D eigenvalue weighted by Gasteiger charge is 2.12. The lowest BCUT2D eigenvalue weighted by Gasteiger charge is -2.04. The molecule has 0 aliphatic heterocycles. The van der Waals surface area contributed by atoms with Gasteiger partial charge in [-0.3, -0.25) is 24.2 Å². The number of aromatic nitrogens is 1. The number of pyridine rings is 1. The summed E-state index contributed by atoms with van der Waals surface area (Å²) in [4.78, 5) is 50.5. The normalized spacial score (nSPS) is 9.94. The molecule has 0 radical (unpaired) electrons. The zero-order valence-corrected chi connectivity index (χ0v) is 36.1. The minimum atomic E-state index is -0.296. The van der Waals surface area contributed by atoms with Crippen LogP contribution in [-0.2, 0) is 0 Å². The molecule has 0 unspecified atom stereocenters. The number of hydrogen-bond acceptors (Lipinski definition) is 12. The van der Waals surface area contributed by atoms with Crippen molar-refractivity contribution in [3.05, 3.63) is 196 Å². The Hall–Kier alpha value is -8.09. The lowest BCUT2D eigenvalue weighted by atomic mass is 10.2. The van der Waals surface area contributed by atoms with Crippen LogP contribution >= 0.6 is 31.9 Å². The van der Waals surface area contributed by atoms with Crippen LogP contribution in [0.3, 0.4) is 0 Å². The van der Waals surface area contributed by atoms with E-state index in [0.29, 0.717) is 61.3 Å². The van der Waals surface area contributed by atoms with Crippen LogP contribution in [0.4, 0.5) is 45.5 Å². The summed E-state index contributed by atoms with van der Waals surface area (Å²) in [7, 11) is 0. The third-order valence-corrected chi connectivity index (χ3v) is 8.81. The van der Waals surface area contributed by atoms with E-state index in [0.717, 1.165) is 4.47 Å². The Balaban J connectivity index is 0.000000158. The van der Waals surface area contributed by atoms with E-state index in [1.54, 1.807) is 140 Å². The first-order chi connectivity index (χ1) is 30.3. The molecule has 4 amide bonds. The standard InChI is InChI=1S/C12H11N3O.2C11H9BrN2O2.C11H10N2O2/c13-10-3-5-11(6-4-10)15-12(16)9-2-1-7-14-8-9;12-7-5-10(16-6-7)11(15)14-9-3-1-8(13)2-4-9;12-10-6-5-9(16-10)11(15)14-8-3-1-7(13)2-4-8;12-9-1-3-10(4-2-9)13-11(14)8-5-6-15-7-8/h1-8H,13H2,(H,15,16);2*1-6H,13H2,(H,14,15);1-7H,12H2,(H,13,14). The molecule has 4 aromatic carbocycles. The number of furan rings is 3. The molecule has 16 nitrogen and oxygen atoms in total. The average Bonchev–Trinajstić information content (AvgIpc) is 4.09. The summed E-state index contributed by atoms with van der Waals surface area (Å²) < 4.78 is 16.2. The van der Waals surface area contributed by atoms with Crippen LogP contribution in [0.5, 0.6) is 0 Å². The fraction of sp³-hybridized carbons (Fsp3) is 0. The number of nitrogens with zero attached hydrogens (tertiary/aromatic N) is 1. The number of hydrogen-bond donors (Lipinski definition) is 8. The number of carbonyl (C=O) groups is 4. The Morgan fingerprint density at radius 1 is 0.492 bits per heavy atom. The molecule has 320 valence electrons. The Bertz CT molecular complexity index is 2590. The fourth-order valence-electron chi connectivity index (χ4n) is 4.82. The quantitative estimate of drug-likeness (QED) is 0.0661. The maximum absolute atomic E-state index is 11.7. The third-order valence-electron chi connectivity index (χ3n) is 7.97. The number of nitrogens with one attached hydrogen (secondary N) is 4. The molecule has 18 heteroatoms. The number of nitrogens with two attached hydrogens (primary N) is 4. The first-order valence-corrected chi connectivity index (χ1v) is 20.0. The summed E-state index contributed by atoms with van der Waals surface area (Å²) in [6.45, 7) is 0. The van der Waals surface area contributed by atoms with E-state index >= 15 is 0 Å². The van der Waals surface area contributed by atoms with Crippen molar-refractivity contribution in [2.24, 2.45) is 0 Å². The highest BCUT2D eigenvalue weighted by Crippen LogP contribution is 2.19. The molecule has 12 N–H and O–H groups in total. The van der Waals surface area contributed by atoms with E-state index in [-0.39, 0.29) is 35.1 Å². The Kier molecular flexibility index (Phi) is 16.8. The highest BCUT2D eigenvalue weighted by molar-refractivity contribution is 9.10. The minimum absolute atomic E-state index is 0.183. The van der Waals surface area contributed by atoms with E-state index < -0.39 is 0 Å². The van der Waals surface area contributed by atoms with Crippen molar-refractivity contribution in [3.8, 4) is 0 Å². The first kappa shape index (κ1) is 46.0. The second kappa shape index (κ2) is 23.1. The van der Waals surface area contributed by atoms with Gasteiger partial charge in [0.25, 0.3) is 23.6 Å². The van der Waals surface area contributed by atoms with Crippen LogP contribution in [0.1, 0.15) is 41.8 Å². The largest absolute Gasteiger partial charge is 0.472 e. The number of anilines is 8. The van der Waals surface area contributed by atoms with E-state index in [4.69, 9.17) is 36.2 Å². The molecule has 4 heterocycles. The maximum Gasteiger partial charge on any atom is 0.291 e. The van der Waals surface area contributed by atoms with Gasteiger partial charge in [0, 0.05) is 64.0 Å². The van der Waals surface area contributed by atoms with Gasteiger partial charge in [-0.1, -0.05) is 0 Å². The van der Waals surface area contributed by atoms with Gasteiger partial charge in [-0.2, -0.15) is 0 Å². The molecule has 0 saturated carbocycles. The lowest BCUT2D eigenvalue weighted by molar-refractivity contribution is 0.0988. The molecule has 0 aliphatic rings. The number of halogens is 2. The lowest BCUT2D eigenvalue weighted by Crippen LogP contribution is -2.11. The molecule has 8 aromatic rings. The summed E-state index contributed by atoms with van der Waals surface area (Å²) in [6, 6.07) is 37.6. The van der Waals surface area contributed by atoms with Crippen molar-refractivity contribution < 1.29 is 32.4 Å². The van der Waals surface area contributed by atoms with Gasteiger partial charge in [0.1, 0.15) is 12.5 Å². The molecule has 63 heavy (non-hydrogen) atoms. The molecule has 0 bridgehead atoms. The summed E-state index contributed by atoms with van der Waals surface area (Å²) in [5, 5.41) is 10.8. The van der Waals surface area contributed by atoms with Crippen molar-refractivity contribution in [3.63, 3.8) is 0 Å². The van der Waals surface area contributed by atoms with Crippen LogP contribution in [0.25, 0.3) is 0 Å². The Morgan fingerprint density at radius 2 is 0.937 bits per heavy atom. The molecular weight excluding hydrogens is 938 g/mol. The van der Waals surface area contributed by atoms with Crippen molar-refractivity contribution in [2.45, 2.75) is 0 Å². The van der Waals surface area contributed by atoms with Crippen LogP contribution < -0.4 is 44.2 Å². The molecule has 0 fully saturated rings. The van der Waals surface area contributed by atoms with Crippen LogP contribution in [0, 0.1) is 0 Å². The third kappa shape index (κ3) is 15.5. The van der Waals surface area contributed by atoms with Crippen LogP contribution in [0.2, 0.25) is 0 Å². The number of benzene rings is 4. The molecule has 8 rings (SSSR count). The van der Waals surface area contributed by atoms with E-state index in [1.165, 1.54) is 25.0 Å². The average molecular weight is 978 g/mol. The Labute approximate surface area is 377 Å². The van der Waals surface area contributed by atoms with E-state index in [2.05, 4.69) is 58.1 Å². The van der Waals surface area contributed by atoms with Crippen LogP contribution in [0.15, 0.2) is 187 Å². The van der Waals surface area contributed by atoms with Gasteiger partial charge in [0.05, 0.1) is 21.9 Å². The van der Waals surface area contributed by atoms with Gasteiger partial charge < -0.3 is 57.5 Å². The first-order valence-electron chi connectivity index (χ1n) is 18.4. The number of carbonyl (C=O) groups excluding carboxylic acids is 4. The van der Waals surface area contributed by atoms with E-state index in [9.17, 15) is 19.2 Å². The molecule has 0 spiro atoms. The summed E-state index contributed by atoms with van der Waals surface area (Å²) >= 11 is 6.34. The van der Waals surface area contributed by atoms with Gasteiger partial charge in [-0.15, -0.1) is 0 Å². The summed E-state index contributed by atoms with van der Waals surface area (Å²) in [5.74, 6) is -0.468. The topological polar surface area (TPSA) is 273 Å². The van der Waals surface area contributed by atoms with Gasteiger partial charge in [-0.25, -0.2) is 0 Å². The predicted octanol–water partition coefficient (Wildman–Crippen LogP) is 9.78. The zero-order valence-electron chi connectivity index (χ0n) is 33.0. The van der Waals surface area contributed by atoms with Crippen LogP contribution in [-0.4, -0.2) is 28.6 Å². The maximum atomic E-state index is 11.7. The van der Waals surface area contributed by atoms with Crippen molar-refractivity contribution in [1.82, 2.24) is 4.98 Å². The minimum Gasteiger partial charge on any atom is -0.472 e. The molecule has 0 atom stereocenters. The van der Waals surface area contributed by atoms with Gasteiger partial charge in [-0.05, 0) is 159 Å². The SMILES string of the molecule is Nc1ccc(NC(=O)c2cc(Br)co2)cc1.Nc1ccc(NC(=O)c2ccc(Br)o2)cc1.Nc1ccc(NC(=O)c2cccnc2)cc1.Nc1ccc(NC(=O)c2ccoc2)cc1. The van der Waals surface area contributed by atoms with Crippen molar-refractivity contribution >= 4 is 101 Å². The monoisotopic (exact) mass is 975 g/mol. The number of nitrogen functional groups attached to an aromatic ring is 4. The summed E-state index contributed by atoms with van der Waals surface area (Å²) in [6.07, 6.45) is 7.45.